The van der Waals surface area contributed by atoms with Gasteiger partial charge < -0.3 is 9.64 Å². The summed E-state index contributed by atoms with van der Waals surface area (Å²) >= 11 is 0. The van der Waals surface area contributed by atoms with Gasteiger partial charge in [0.25, 0.3) is 0 Å². The summed E-state index contributed by atoms with van der Waals surface area (Å²) < 4.78 is 5.57. The van der Waals surface area contributed by atoms with Gasteiger partial charge in [0.1, 0.15) is 18.8 Å². The number of quaternary nitrogens is 1. The van der Waals surface area contributed by atoms with Gasteiger partial charge in [-0.2, -0.15) is 5.26 Å². The molecule has 1 fully saturated rings. The molecule has 1 unspecified atom stereocenters. The highest BCUT2D eigenvalue weighted by molar-refractivity contribution is 6.20. The van der Waals surface area contributed by atoms with Crippen LogP contribution in [0.25, 0.3) is 11.1 Å². The number of allylic oxidation sites excluding steroid dienone is 2. The lowest BCUT2D eigenvalue weighted by atomic mass is 9.90. The van der Waals surface area contributed by atoms with Gasteiger partial charge in [-0.1, -0.05) is 54.6 Å². The third kappa shape index (κ3) is 4.99. The molecule has 0 spiro atoms. The van der Waals surface area contributed by atoms with E-state index in [1.807, 2.05) is 80.0 Å². The zero-order chi connectivity index (χ0) is 26.5. The van der Waals surface area contributed by atoms with Crippen molar-refractivity contribution in [2.45, 2.75) is 25.5 Å². The predicted octanol–water partition coefficient (Wildman–Crippen LogP) is 5.17. The van der Waals surface area contributed by atoms with Crippen LogP contribution in [0, 0.1) is 11.3 Å². The standard InChI is InChI=1S/C31H29N4O3/c1-35(26-14-17-34(18-15-26)31(37)38-22-23-9-3-2-4-10-23)21-25(29-13-7-8-16-33-29)19-28(30(35)36)27-12-6-5-11-24(27)20-32/h2-13,16,19,21,26H,14-15,17-18,22H2,1H3/q+1. The van der Waals surface area contributed by atoms with E-state index >= 15 is 0 Å². The van der Waals surface area contributed by atoms with Crippen LogP contribution in [0.2, 0.25) is 0 Å². The van der Waals surface area contributed by atoms with E-state index in [0.717, 1.165) is 16.8 Å². The molecule has 7 nitrogen and oxygen atoms in total. The fraction of sp³-hybridized carbons (Fsp3) is 0.226. The van der Waals surface area contributed by atoms with Gasteiger partial charge in [0.15, 0.2) is 0 Å². The first kappa shape index (κ1) is 25.1. The molecule has 190 valence electrons. The van der Waals surface area contributed by atoms with Crippen molar-refractivity contribution in [3.8, 4) is 6.07 Å². The van der Waals surface area contributed by atoms with E-state index in [1.54, 1.807) is 23.2 Å². The average molecular weight is 506 g/mol. The molecule has 2 aromatic carbocycles. The molecule has 3 heterocycles. The summed E-state index contributed by atoms with van der Waals surface area (Å²) in [4.78, 5) is 33.0. The van der Waals surface area contributed by atoms with Crippen molar-refractivity contribution in [1.29, 1.82) is 5.26 Å². The molecule has 0 N–H and O–H groups in total. The van der Waals surface area contributed by atoms with Crippen LogP contribution in [-0.2, 0) is 16.1 Å². The predicted molar refractivity (Wildman–Crippen MR) is 144 cm³/mol. The minimum atomic E-state index is -0.340. The number of aromatic nitrogens is 1. The van der Waals surface area contributed by atoms with Crippen LogP contribution in [0.15, 0.2) is 91.3 Å². The number of piperidine rings is 1. The van der Waals surface area contributed by atoms with Gasteiger partial charge in [0, 0.05) is 37.7 Å². The number of ether oxygens (including phenoxy) is 1. The number of carbonyl (C=O) groups is 2. The highest BCUT2D eigenvalue weighted by Crippen LogP contribution is 2.37. The van der Waals surface area contributed by atoms with Gasteiger partial charge in [-0.3, -0.25) is 4.98 Å². The lowest BCUT2D eigenvalue weighted by Crippen LogP contribution is -2.57. The van der Waals surface area contributed by atoms with Crippen molar-refractivity contribution in [2.75, 3.05) is 20.1 Å². The quantitative estimate of drug-likeness (QED) is 0.447. The van der Waals surface area contributed by atoms with E-state index in [0.29, 0.717) is 42.6 Å². The molecule has 2 amide bonds. The van der Waals surface area contributed by atoms with Gasteiger partial charge in [-0.05, 0) is 29.8 Å². The van der Waals surface area contributed by atoms with Crippen molar-refractivity contribution in [1.82, 2.24) is 9.88 Å². The van der Waals surface area contributed by atoms with E-state index in [-0.39, 0.29) is 29.1 Å². The first-order valence-electron chi connectivity index (χ1n) is 12.7. The topological polar surface area (TPSA) is 83.3 Å². The zero-order valence-electron chi connectivity index (χ0n) is 21.3. The number of benzene rings is 2. The Bertz CT molecular complexity index is 1430. The minimum Gasteiger partial charge on any atom is -0.445 e. The van der Waals surface area contributed by atoms with Gasteiger partial charge in [0.05, 0.1) is 35.5 Å². The molecular formula is C31H29N4O3+. The van der Waals surface area contributed by atoms with Gasteiger partial charge >= 0.3 is 12.0 Å². The molecular weight excluding hydrogens is 476 g/mol. The number of hydrogen-bond donors (Lipinski definition) is 0. The van der Waals surface area contributed by atoms with Gasteiger partial charge in [-0.25, -0.2) is 14.1 Å². The number of rotatable bonds is 5. The summed E-state index contributed by atoms with van der Waals surface area (Å²) in [5.74, 6) is -0.0718. The summed E-state index contributed by atoms with van der Waals surface area (Å²) in [5, 5.41) is 9.72. The number of amides is 2. The number of likely N-dealkylation sites (N-methyl/N-ethyl adjacent to an activating group) is 1. The second-order valence-corrected chi connectivity index (χ2v) is 9.73. The summed E-state index contributed by atoms with van der Waals surface area (Å²) in [7, 11) is 1.92. The average Bonchev–Trinajstić information content (AvgIpc) is 2.98. The Morgan fingerprint density at radius 2 is 1.76 bits per heavy atom. The fourth-order valence-electron chi connectivity index (χ4n) is 5.21. The van der Waals surface area contributed by atoms with Crippen LogP contribution in [-0.4, -0.2) is 52.5 Å². The first-order chi connectivity index (χ1) is 18.5. The molecule has 1 atom stereocenters. The van der Waals surface area contributed by atoms with Crippen molar-refractivity contribution < 1.29 is 18.8 Å². The Balaban J connectivity index is 1.38. The summed E-state index contributed by atoms with van der Waals surface area (Å²) in [6.45, 7) is 1.23. The maximum Gasteiger partial charge on any atom is 0.410 e. The van der Waals surface area contributed by atoms with Crippen molar-refractivity contribution in [3.05, 3.63) is 114 Å². The maximum absolute atomic E-state index is 14.1. The lowest BCUT2D eigenvalue weighted by molar-refractivity contribution is -0.808. The Morgan fingerprint density at radius 1 is 1.05 bits per heavy atom. The first-order valence-corrected chi connectivity index (χ1v) is 12.7. The molecule has 0 saturated carbocycles. The van der Waals surface area contributed by atoms with E-state index in [4.69, 9.17) is 4.74 Å². The Morgan fingerprint density at radius 3 is 2.47 bits per heavy atom. The Labute approximate surface area is 222 Å². The number of nitrogens with zero attached hydrogens (tertiary/aromatic N) is 4. The summed E-state index contributed by atoms with van der Waals surface area (Å²) in [6, 6.07) is 24.7. The second-order valence-electron chi connectivity index (χ2n) is 9.73. The van der Waals surface area contributed by atoms with Crippen LogP contribution in [0.1, 0.15) is 35.2 Å². The van der Waals surface area contributed by atoms with Gasteiger partial charge in [0.2, 0.25) is 0 Å². The van der Waals surface area contributed by atoms with Crippen LogP contribution < -0.4 is 0 Å². The van der Waals surface area contributed by atoms with E-state index < -0.39 is 0 Å². The van der Waals surface area contributed by atoms with Crippen molar-refractivity contribution in [3.63, 3.8) is 0 Å². The van der Waals surface area contributed by atoms with E-state index in [9.17, 15) is 14.9 Å². The molecule has 0 radical (unpaired) electrons. The molecule has 1 aromatic heterocycles. The minimum absolute atomic E-state index is 0.0441. The van der Waals surface area contributed by atoms with Crippen LogP contribution in [0.5, 0.6) is 0 Å². The third-order valence-corrected chi connectivity index (χ3v) is 7.36. The molecule has 38 heavy (non-hydrogen) atoms. The molecule has 2 aliphatic rings. The third-order valence-electron chi connectivity index (χ3n) is 7.36. The summed E-state index contributed by atoms with van der Waals surface area (Å²) in [5.41, 5.74) is 4.11. The highest BCUT2D eigenvalue weighted by Gasteiger charge is 2.46. The second kappa shape index (κ2) is 10.8. The van der Waals surface area contributed by atoms with Crippen LogP contribution in [0.3, 0.4) is 0 Å². The van der Waals surface area contributed by atoms with Crippen molar-refractivity contribution >= 4 is 23.1 Å². The molecule has 3 aromatic rings. The molecule has 2 aliphatic heterocycles. The number of likely N-dealkylation sites (tertiary alicyclic amines) is 1. The summed E-state index contributed by atoms with van der Waals surface area (Å²) in [6.07, 6.45) is 6.48. The zero-order valence-corrected chi connectivity index (χ0v) is 21.3. The Kier molecular flexibility index (Phi) is 7.16. The van der Waals surface area contributed by atoms with Crippen LogP contribution >= 0.6 is 0 Å². The highest BCUT2D eigenvalue weighted by atomic mass is 16.6. The van der Waals surface area contributed by atoms with Crippen LogP contribution in [0.4, 0.5) is 4.79 Å². The smallest absolute Gasteiger partial charge is 0.410 e. The Hall–Kier alpha value is -4.54. The SMILES string of the molecule is C[N+]1(C2CCN(C(=O)OCc3ccccc3)CC2)C=C(c2ccccn2)C=C(c2ccccc2C#N)C1=O. The molecule has 5 rings (SSSR count). The number of hydrogen-bond acceptors (Lipinski definition) is 5. The lowest BCUT2D eigenvalue weighted by Gasteiger charge is -2.42. The number of pyridine rings is 1. The number of carbonyl (C=O) groups excluding carboxylic acids is 2. The van der Waals surface area contributed by atoms with E-state index in [2.05, 4.69) is 11.1 Å². The maximum atomic E-state index is 14.1. The molecule has 0 bridgehead atoms. The van der Waals surface area contributed by atoms with Gasteiger partial charge in [-0.15, -0.1) is 0 Å². The van der Waals surface area contributed by atoms with E-state index in [1.165, 1.54) is 0 Å². The monoisotopic (exact) mass is 505 g/mol. The molecule has 7 heteroatoms. The fourth-order valence-corrected chi connectivity index (χ4v) is 5.21. The number of nitriles is 1. The molecule has 1 saturated heterocycles. The molecule has 0 aliphatic carbocycles. The largest absolute Gasteiger partial charge is 0.445 e. The van der Waals surface area contributed by atoms with Crippen molar-refractivity contribution in [2.24, 2.45) is 0 Å². The normalized spacial score (nSPS) is 19.8.